The van der Waals surface area contributed by atoms with E-state index in [1.54, 1.807) is 0 Å². The molecule has 0 saturated heterocycles. The summed E-state index contributed by atoms with van der Waals surface area (Å²) >= 11 is 0. The molecule has 0 fully saturated rings. The van der Waals surface area contributed by atoms with Crippen molar-refractivity contribution in [2.45, 2.75) is 38.2 Å². The predicted molar refractivity (Wildman–Crippen MR) is 67.2 cm³/mol. The highest BCUT2D eigenvalue weighted by Gasteiger charge is 2.11. The highest BCUT2D eigenvalue weighted by atomic mass is 16.5. The second-order valence-electron chi connectivity index (χ2n) is 4.22. The Morgan fingerprint density at radius 3 is 2.94 bits per heavy atom. The van der Waals surface area contributed by atoms with Crippen molar-refractivity contribution in [3.05, 3.63) is 12.2 Å². The first-order valence-corrected chi connectivity index (χ1v) is 6.29. The van der Waals surface area contributed by atoms with E-state index < -0.39 is 0 Å². The molecule has 1 unspecified atom stereocenters. The molecule has 17 heavy (non-hydrogen) atoms. The van der Waals surface area contributed by atoms with Crippen LogP contribution in [0.4, 0.5) is 0 Å². The van der Waals surface area contributed by atoms with Crippen LogP contribution in [0.5, 0.6) is 0 Å². The minimum atomic E-state index is -0.0714. The van der Waals surface area contributed by atoms with Crippen LogP contribution >= 0.6 is 0 Å². The molecular weight excluding hydrogens is 218 g/mol. The third-order valence-electron chi connectivity index (χ3n) is 2.76. The van der Waals surface area contributed by atoms with Crippen LogP contribution in [0.2, 0.25) is 0 Å². The van der Waals surface area contributed by atoms with Gasteiger partial charge in [-0.15, -0.1) is 0 Å². The summed E-state index contributed by atoms with van der Waals surface area (Å²) in [5.41, 5.74) is 2.48. The molecule has 4 N–H and O–H groups in total. The maximum Gasteiger partial charge on any atom is 0.246 e. The van der Waals surface area contributed by atoms with Crippen LogP contribution in [0.3, 0.4) is 0 Å². The highest BCUT2D eigenvalue weighted by Crippen LogP contribution is 2.15. The van der Waals surface area contributed by atoms with Crippen molar-refractivity contribution in [3.8, 4) is 0 Å². The molecule has 0 bridgehead atoms. The molecule has 98 valence electrons. The van der Waals surface area contributed by atoms with Crippen molar-refractivity contribution >= 4 is 5.91 Å². The lowest BCUT2D eigenvalue weighted by molar-refractivity contribution is -0.128. The molecule has 5 nitrogen and oxygen atoms in total. The highest BCUT2D eigenvalue weighted by molar-refractivity contribution is 5.77. The number of hydrazine groups is 1. The van der Waals surface area contributed by atoms with Gasteiger partial charge in [-0.05, 0) is 32.1 Å². The standard InChI is InChI=1S/C12H23N3O2/c13-15-9-8-14-12(16)10-17-11-6-4-2-1-3-5-7-11/h1-2,11,15H,3-10,13H2,(H,14,16)/b2-1+. The normalized spacial score (nSPS) is 22.5. The van der Waals surface area contributed by atoms with Crippen LogP contribution in [0.15, 0.2) is 12.2 Å². The lowest BCUT2D eigenvalue weighted by Crippen LogP contribution is -2.37. The maximum atomic E-state index is 11.4. The molecule has 1 rings (SSSR count). The minimum Gasteiger partial charge on any atom is -0.368 e. The number of hydrogen-bond donors (Lipinski definition) is 3. The fourth-order valence-electron chi connectivity index (χ4n) is 1.81. The second kappa shape index (κ2) is 9.15. The van der Waals surface area contributed by atoms with Crippen molar-refractivity contribution in [2.24, 2.45) is 5.84 Å². The number of carbonyl (C=O) groups excluding carboxylic acids is 1. The van der Waals surface area contributed by atoms with Crippen LogP contribution in [-0.4, -0.2) is 31.7 Å². The van der Waals surface area contributed by atoms with Gasteiger partial charge < -0.3 is 10.1 Å². The van der Waals surface area contributed by atoms with E-state index >= 15 is 0 Å². The lowest BCUT2D eigenvalue weighted by atomic mass is 10.0. The Morgan fingerprint density at radius 2 is 2.12 bits per heavy atom. The Labute approximate surface area is 103 Å². The molecule has 1 amide bonds. The summed E-state index contributed by atoms with van der Waals surface area (Å²) in [6.07, 6.45) is 10.00. The first kappa shape index (κ1) is 14.2. The summed E-state index contributed by atoms with van der Waals surface area (Å²) < 4.78 is 5.61. The average Bonchev–Trinajstić information content (AvgIpc) is 2.28. The van der Waals surface area contributed by atoms with E-state index in [2.05, 4.69) is 22.9 Å². The van der Waals surface area contributed by atoms with Gasteiger partial charge in [-0.25, -0.2) is 0 Å². The molecule has 1 aliphatic rings. The summed E-state index contributed by atoms with van der Waals surface area (Å²) in [4.78, 5) is 11.4. The Morgan fingerprint density at radius 1 is 1.29 bits per heavy atom. The van der Waals surface area contributed by atoms with Crippen molar-refractivity contribution in [2.75, 3.05) is 19.7 Å². The number of rotatable bonds is 6. The Hall–Kier alpha value is -0.910. The van der Waals surface area contributed by atoms with E-state index in [0.29, 0.717) is 13.1 Å². The van der Waals surface area contributed by atoms with Gasteiger partial charge >= 0.3 is 0 Å². The zero-order valence-corrected chi connectivity index (χ0v) is 10.3. The van der Waals surface area contributed by atoms with Gasteiger partial charge in [0, 0.05) is 13.1 Å². The number of carbonyl (C=O) groups is 1. The summed E-state index contributed by atoms with van der Waals surface area (Å²) in [7, 11) is 0. The zero-order chi connectivity index (χ0) is 12.3. The van der Waals surface area contributed by atoms with Gasteiger partial charge in [-0.2, -0.15) is 0 Å². The zero-order valence-electron chi connectivity index (χ0n) is 10.3. The third-order valence-corrected chi connectivity index (χ3v) is 2.76. The van der Waals surface area contributed by atoms with Crippen LogP contribution < -0.4 is 16.6 Å². The lowest BCUT2D eigenvalue weighted by Gasteiger charge is -2.18. The predicted octanol–water partition coefficient (Wildman–Crippen LogP) is 0.471. The van der Waals surface area contributed by atoms with Crippen molar-refractivity contribution in [1.29, 1.82) is 0 Å². The van der Waals surface area contributed by atoms with E-state index in [1.165, 1.54) is 0 Å². The fraction of sp³-hybridized carbons (Fsp3) is 0.750. The summed E-state index contributed by atoms with van der Waals surface area (Å²) in [6.45, 7) is 1.25. The summed E-state index contributed by atoms with van der Waals surface area (Å²) in [5, 5.41) is 2.73. The van der Waals surface area contributed by atoms with Gasteiger partial charge in [-0.3, -0.25) is 16.1 Å². The molecule has 0 aromatic heterocycles. The van der Waals surface area contributed by atoms with Gasteiger partial charge in [-0.1, -0.05) is 12.2 Å². The third kappa shape index (κ3) is 7.10. The first-order valence-electron chi connectivity index (χ1n) is 6.29. The molecule has 0 aliphatic heterocycles. The van der Waals surface area contributed by atoms with E-state index in [1.807, 2.05) is 0 Å². The smallest absolute Gasteiger partial charge is 0.246 e. The molecule has 1 atom stereocenters. The van der Waals surface area contributed by atoms with Gasteiger partial charge in [0.05, 0.1) is 6.10 Å². The fourth-order valence-corrected chi connectivity index (χ4v) is 1.81. The average molecular weight is 241 g/mol. The topological polar surface area (TPSA) is 76.4 Å². The number of hydrogen-bond acceptors (Lipinski definition) is 4. The molecule has 0 spiro atoms. The van der Waals surface area contributed by atoms with E-state index in [-0.39, 0.29) is 18.6 Å². The number of allylic oxidation sites excluding steroid dienone is 2. The van der Waals surface area contributed by atoms with Crippen LogP contribution in [0, 0.1) is 0 Å². The number of nitrogens with two attached hydrogens (primary N) is 1. The largest absolute Gasteiger partial charge is 0.368 e. The molecular formula is C12H23N3O2. The van der Waals surface area contributed by atoms with Crippen molar-refractivity contribution in [3.63, 3.8) is 0 Å². The first-order chi connectivity index (χ1) is 8.33. The van der Waals surface area contributed by atoms with Crippen LogP contribution in [0.1, 0.15) is 32.1 Å². The Bertz CT molecular complexity index is 244. The minimum absolute atomic E-state index is 0.0714. The summed E-state index contributed by atoms with van der Waals surface area (Å²) in [5.74, 6) is 5.03. The Balaban J connectivity index is 2.11. The van der Waals surface area contributed by atoms with E-state index in [0.717, 1.165) is 32.1 Å². The number of amides is 1. The summed E-state index contributed by atoms with van der Waals surface area (Å²) in [6, 6.07) is 0. The monoisotopic (exact) mass is 241 g/mol. The van der Waals surface area contributed by atoms with Gasteiger partial charge in [0.2, 0.25) is 5.91 Å². The molecule has 0 aromatic rings. The maximum absolute atomic E-state index is 11.4. The molecule has 0 radical (unpaired) electrons. The quantitative estimate of drug-likeness (QED) is 0.273. The molecule has 5 heteroatoms. The number of ether oxygens (including phenoxy) is 1. The second-order valence-corrected chi connectivity index (χ2v) is 4.22. The van der Waals surface area contributed by atoms with Crippen LogP contribution in [0.25, 0.3) is 0 Å². The number of nitrogens with one attached hydrogen (secondary N) is 2. The van der Waals surface area contributed by atoms with Crippen molar-refractivity contribution < 1.29 is 9.53 Å². The molecule has 0 aromatic carbocycles. The Kier molecular flexibility index (Phi) is 7.62. The van der Waals surface area contributed by atoms with Gasteiger partial charge in [0.15, 0.2) is 0 Å². The van der Waals surface area contributed by atoms with E-state index in [4.69, 9.17) is 10.6 Å². The molecule has 0 heterocycles. The van der Waals surface area contributed by atoms with Gasteiger partial charge in [0.1, 0.15) is 6.61 Å². The van der Waals surface area contributed by atoms with Gasteiger partial charge in [0.25, 0.3) is 0 Å². The molecule has 0 saturated carbocycles. The van der Waals surface area contributed by atoms with E-state index in [9.17, 15) is 4.79 Å². The molecule has 1 aliphatic carbocycles. The van der Waals surface area contributed by atoms with Crippen LogP contribution in [-0.2, 0) is 9.53 Å². The SMILES string of the molecule is NNCCNC(=O)COC1CC/C=C/CCC1. The van der Waals surface area contributed by atoms with Crippen molar-refractivity contribution in [1.82, 2.24) is 10.7 Å².